The van der Waals surface area contributed by atoms with Crippen molar-refractivity contribution in [3.8, 4) is 17.0 Å². The summed E-state index contributed by atoms with van der Waals surface area (Å²) in [5.74, 6) is 0.809. The van der Waals surface area contributed by atoms with Crippen LogP contribution in [0.25, 0.3) is 22.2 Å². The highest BCUT2D eigenvalue weighted by atomic mass is 16.5. The van der Waals surface area contributed by atoms with E-state index >= 15 is 0 Å². The number of aryl methyl sites for hydroxylation is 1. The van der Waals surface area contributed by atoms with E-state index in [-0.39, 0.29) is 5.91 Å². The minimum absolute atomic E-state index is 0.213. The summed E-state index contributed by atoms with van der Waals surface area (Å²) < 4.78 is 7.74. The van der Waals surface area contributed by atoms with Gasteiger partial charge >= 0.3 is 0 Å². The Morgan fingerprint density at radius 3 is 2.62 bits per heavy atom. The number of nitrogens with zero attached hydrogens (tertiary/aromatic N) is 5. The zero-order valence-corrected chi connectivity index (χ0v) is 22.1. The molecule has 2 N–H and O–H groups in total. The SMILES string of the molecule is COc1cc(N(C)C)c(NC(=O)/C=C/CN(C)C)cc1Nc1nccc(-c2cn(C)c3ccccc23)n1. The van der Waals surface area contributed by atoms with E-state index in [4.69, 9.17) is 9.72 Å². The standard InChI is InChI=1S/C28H33N7O2/c1-33(2)15-9-12-27(36)30-22-16-23(26(37-6)17-25(22)34(3)4)32-28-29-14-13-21(31-28)20-18-35(5)24-11-8-7-10-19(20)24/h7-14,16-18H,15H2,1-6H3,(H,30,36)(H,29,31,32)/b12-9+. The number of fused-ring (bicyclic) bond motifs is 1. The summed E-state index contributed by atoms with van der Waals surface area (Å²) in [5, 5.41) is 7.38. The molecule has 1 amide bonds. The monoisotopic (exact) mass is 499 g/mol. The Kier molecular flexibility index (Phi) is 7.74. The zero-order valence-electron chi connectivity index (χ0n) is 22.1. The number of anilines is 4. The molecule has 4 rings (SSSR count). The maximum Gasteiger partial charge on any atom is 0.248 e. The van der Waals surface area contributed by atoms with Crippen molar-refractivity contribution in [3.05, 3.63) is 67.0 Å². The summed E-state index contributed by atoms with van der Waals surface area (Å²) in [6, 6.07) is 13.8. The molecule has 0 aliphatic rings. The smallest absolute Gasteiger partial charge is 0.248 e. The van der Waals surface area contributed by atoms with E-state index in [1.54, 1.807) is 13.3 Å². The minimum atomic E-state index is -0.213. The lowest BCUT2D eigenvalue weighted by atomic mass is 10.1. The predicted molar refractivity (Wildman–Crippen MR) is 151 cm³/mol. The molecule has 2 aromatic carbocycles. The van der Waals surface area contributed by atoms with Crippen LogP contribution in [0.1, 0.15) is 0 Å². The number of para-hydroxylation sites is 1. The Bertz CT molecular complexity index is 1440. The summed E-state index contributed by atoms with van der Waals surface area (Å²) in [6.45, 7) is 0.674. The van der Waals surface area contributed by atoms with Crippen LogP contribution >= 0.6 is 0 Å². The maximum absolute atomic E-state index is 12.6. The fourth-order valence-electron chi connectivity index (χ4n) is 4.09. The third-order valence-corrected chi connectivity index (χ3v) is 5.87. The molecule has 9 heteroatoms. The first kappa shape index (κ1) is 25.7. The number of likely N-dealkylation sites (N-methyl/N-ethyl adjacent to an activating group) is 1. The summed E-state index contributed by atoms with van der Waals surface area (Å²) in [4.78, 5) is 25.7. The van der Waals surface area contributed by atoms with Crippen LogP contribution in [0.4, 0.5) is 23.0 Å². The number of hydrogen-bond acceptors (Lipinski definition) is 7. The fraction of sp³-hybridized carbons (Fsp3) is 0.250. The lowest BCUT2D eigenvalue weighted by Crippen LogP contribution is -2.16. The summed E-state index contributed by atoms with van der Waals surface area (Å²) in [7, 11) is 11.4. The van der Waals surface area contributed by atoms with Crippen molar-refractivity contribution in [3.63, 3.8) is 0 Å². The third-order valence-electron chi connectivity index (χ3n) is 5.87. The first-order valence-electron chi connectivity index (χ1n) is 11.9. The molecule has 0 spiro atoms. The van der Waals surface area contributed by atoms with Crippen molar-refractivity contribution in [2.24, 2.45) is 7.05 Å². The van der Waals surface area contributed by atoms with Gasteiger partial charge in [0, 0.05) is 68.7 Å². The second-order valence-corrected chi connectivity index (χ2v) is 9.18. The maximum atomic E-state index is 12.6. The van der Waals surface area contributed by atoms with Crippen LogP contribution < -0.4 is 20.3 Å². The number of rotatable bonds is 9. The van der Waals surface area contributed by atoms with E-state index in [2.05, 4.69) is 38.5 Å². The Morgan fingerprint density at radius 2 is 1.89 bits per heavy atom. The minimum Gasteiger partial charge on any atom is -0.494 e. The Morgan fingerprint density at radius 1 is 1.11 bits per heavy atom. The topological polar surface area (TPSA) is 87.5 Å². The molecule has 0 radical (unpaired) electrons. The number of hydrogen-bond donors (Lipinski definition) is 2. The molecule has 0 saturated carbocycles. The van der Waals surface area contributed by atoms with Crippen molar-refractivity contribution in [2.45, 2.75) is 0 Å². The number of nitrogens with one attached hydrogen (secondary N) is 2. The summed E-state index contributed by atoms with van der Waals surface area (Å²) in [6.07, 6.45) is 7.15. The largest absolute Gasteiger partial charge is 0.494 e. The van der Waals surface area contributed by atoms with E-state index < -0.39 is 0 Å². The van der Waals surface area contributed by atoms with Gasteiger partial charge in [-0.25, -0.2) is 9.97 Å². The molecule has 9 nitrogen and oxygen atoms in total. The average Bonchev–Trinajstić information content (AvgIpc) is 3.20. The van der Waals surface area contributed by atoms with E-state index in [0.717, 1.165) is 27.8 Å². The molecule has 192 valence electrons. The molecule has 4 aromatic rings. The fourth-order valence-corrected chi connectivity index (χ4v) is 4.09. The van der Waals surface area contributed by atoms with Crippen molar-refractivity contribution in [1.82, 2.24) is 19.4 Å². The second kappa shape index (κ2) is 11.1. The van der Waals surface area contributed by atoms with Crippen LogP contribution in [-0.4, -0.2) is 67.2 Å². The molecule has 0 aliphatic heterocycles. The lowest BCUT2D eigenvalue weighted by molar-refractivity contribution is -0.111. The molecule has 0 unspecified atom stereocenters. The number of methoxy groups -OCH3 is 1. The van der Waals surface area contributed by atoms with Gasteiger partial charge in [0.05, 0.1) is 29.9 Å². The van der Waals surface area contributed by atoms with Gasteiger partial charge in [-0.15, -0.1) is 0 Å². The number of benzene rings is 2. The molecule has 0 saturated heterocycles. The second-order valence-electron chi connectivity index (χ2n) is 9.18. The van der Waals surface area contributed by atoms with Crippen molar-refractivity contribution in [2.75, 3.05) is 57.4 Å². The van der Waals surface area contributed by atoms with Gasteiger partial charge in [-0.05, 0) is 32.3 Å². The molecule has 37 heavy (non-hydrogen) atoms. The van der Waals surface area contributed by atoms with Crippen LogP contribution in [-0.2, 0) is 11.8 Å². The van der Waals surface area contributed by atoms with Gasteiger partial charge in [0.1, 0.15) is 5.75 Å². The molecule has 0 atom stereocenters. The van der Waals surface area contributed by atoms with E-state index in [9.17, 15) is 4.79 Å². The van der Waals surface area contributed by atoms with Crippen LogP contribution in [0.5, 0.6) is 5.75 Å². The van der Waals surface area contributed by atoms with Crippen molar-refractivity contribution in [1.29, 1.82) is 0 Å². The van der Waals surface area contributed by atoms with Gasteiger partial charge in [-0.1, -0.05) is 24.3 Å². The number of ether oxygens (including phenoxy) is 1. The molecule has 0 bridgehead atoms. The molecule has 0 fully saturated rings. The first-order valence-corrected chi connectivity index (χ1v) is 11.9. The number of amides is 1. The van der Waals surface area contributed by atoms with Gasteiger partial charge in [0.2, 0.25) is 11.9 Å². The summed E-state index contributed by atoms with van der Waals surface area (Å²) >= 11 is 0. The number of carbonyl (C=O) groups excluding carboxylic acids is 1. The third kappa shape index (κ3) is 5.90. The van der Waals surface area contributed by atoms with Gasteiger partial charge in [0.25, 0.3) is 0 Å². The van der Waals surface area contributed by atoms with Crippen LogP contribution in [0.3, 0.4) is 0 Å². The van der Waals surface area contributed by atoms with Gasteiger partial charge in [-0.3, -0.25) is 4.79 Å². The summed E-state index contributed by atoms with van der Waals surface area (Å²) in [5.41, 5.74) is 5.04. The van der Waals surface area contributed by atoms with Gasteiger partial charge in [0.15, 0.2) is 0 Å². The quantitative estimate of drug-likeness (QED) is 0.328. The zero-order chi connectivity index (χ0) is 26.5. The molecular weight excluding hydrogens is 466 g/mol. The van der Waals surface area contributed by atoms with Crippen molar-refractivity contribution >= 4 is 39.8 Å². The van der Waals surface area contributed by atoms with Crippen LogP contribution in [0.2, 0.25) is 0 Å². The predicted octanol–water partition coefficient (Wildman–Crippen LogP) is 4.51. The van der Waals surface area contributed by atoms with Crippen molar-refractivity contribution < 1.29 is 9.53 Å². The first-order chi connectivity index (χ1) is 17.8. The Hall–Kier alpha value is -4.37. The van der Waals surface area contributed by atoms with E-state index in [1.165, 1.54) is 6.08 Å². The Labute approximate surface area is 217 Å². The van der Waals surface area contributed by atoms with E-state index in [1.807, 2.05) is 81.4 Å². The normalized spacial score (nSPS) is 11.3. The number of aromatic nitrogens is 3. The molecule has 2 aromatic heterocycles. The highest BCUT2D eigenvalue weighted by Crippen LogP contribution is 2.38. The highest BCUT2D eigenvalue weighted by Gasteiger charge is 2.16. The molecular formula is C28H33N7O2. The average molecular weight is 500 g/mol. The molecule has 0 aliphatic carbocycles. The Balaban J connectivity index is 1.67. The van der Waals surface area contributed by atoms with Gasteiger partial charge in [-0.2, -0.15) is 0 Å². The molecule has 2 heterocycles. The number of carbonyl (C=O) groups is 1. The highest BCUT2D eigenvalue weighted by molar-refractivity contribution is 6.02. The van der Waals surface area contributed by atoms with E-state index in [0.29, 0.717) is 29.6 Å². The lowest BCUT2D eigenvalue weighted by Gasteiger charge is -2.21. The van der Waals surface area contributed by atoms with Gasteiger partial charge < -0.3 is 29.7 Å². The van der Waals surface area contributed by atoms with Crippen LogP contribution in [0.15, 0.2) is 67.0 Å². The van der Waals surface area contributed by atoms with Crippen LogP contribution in [0, 0.1) is 0 Å².